The standard InChI is InChI=1S/C22H22O2/c1-21(23,17-10-5-3-6-11-17)19-14-9-15-20(16-19)22(2,24)18-12-7-4-8-13-18/h3-16,23-24H,1-2H3. The summed E-state index contributed by atoms with van der Waals surface area (Å²) in [6.07, 6.45) is 0. The Balaban J connectivity index is 2.04. The number of hydrogen-bond acceptors (Lipinski definition) is 2. The average molecular weight is 318 g/mol. The van der Waals surface area contributed by atoms with E-state index in [1.165, 1.54) is 0 Å². The number of benzene rings is 3. The van der Waals surface area contributed by atoms with E-state index in [-0.39, 0.29) is 0 Å². The van der Waals surface area contributed by atoms with Crippen LogP contribution in [-0.4, -0.2) is 10.2 Å². The maximum atomic E-state index is 11.0. The molecule has 0 aliphatic heterocycles. The molecule has 122 valence electrons. The van der Waals surface area contributed by atoms with Gasteiger partial charge in [-0.25, -0.2) is 0 Å². The first kappa shape index (κ1) is 16.4. The molecule has 2 heteroatoms. The van der Waals surface area contributed by atoms with Gasteiger partial charge in [0.05, 0.1) is 0 Å². The normalized spacial score (nSPS) is 16.2. The van der Waals surface area contributed by atoms with Crippen molar-refractivity contribution in [2.75, 3.05) is 0 Å². The van der Waals surface area contributed by atoms with E-state index in [1.54, 1.807) is 13.8 Å². The lowest BCUT2D eigenvalue weighted by Gasteiger charge is -2.29. The highest BCUT2D eigenvalue weighted by Crippen LogP contribution is 2.34. The molecule has 2 nitrogen and oxygen atoms in total. The fourth-order valence-electron chi connectivity index (χ4n) is 2.98. The second-order valence-electron chi connectivity index (χ2n) is 6.46. The Kier molecular flexibility index (Phi) is 4.27. The molecule has 3 rings (SSSR count). The van der Waals surface area contributed by atoms with E-state index in [0.29, 0.717) is 0 Å². The summed E-state index contributed by atoms with van der Waals surface area (Å²) in [5.74, 6) is 0. The molecule has 24 heavy (non-hydrogen) atoms. The minimum absolute atomic E-state index is 0.752. The first-order chi connectivity index (χ1) is 11.4. The lowest BCUT2D eigenvalue weighted by molar-refractivity contribution is 0.0953. The van der Waals surface area contributed by atoms with E-state index in [0.717, 1.165) is 22.3 Å². The summed E-state index contributed by atoms with van der Waals surface area (Å²) < 4.78 is 0. The maximum absolute atomic E-state index is 11.0. The molecular formula is C22H22O2. The smallest absolute Gasteiger partial charge is 0.112 e. The highest BCUT2D eigenvalue weighted by atomic mass is 16.3. The summed E-state index contributed by atoms with van der Waals surface area (Å²) in [4.78, 5) is 0. The van der Waals surface area contributed by atoms with Crippen molar-refractivity contribution in [3.05, 3.63) is 107 Å². The Labute approximate surface area is 143 Å². The molecule has 0 saturated heterocycles. The predicted octanol–water partition coefficient (Wildman–Crippen LogP) is 4.20. The van der Waals surface area contributed by atoms with Gasteiger partial charge >= 0.3 is 0 Å². The van der Waals surface area contributed by atoms with Gasteiger partial charge in [0.1, 0.15) is 11.2 Å². The zero-order valence-corrected chi connectivity index (χ0v) is 14.0. The first-order valence-corrected chi connectivity index (χ1v) is 8.09. The van der Waals surface area contributed by atoms with Crippen molar-refractivity contribution < 1.29 is 10.2 Å². The Hall–Kier alpha value is -2.42. The van der Waals surface area contributed by atoms with Crippen LogP contribution in [0.25, 0.3) is 0 Å². The van der Waals surface area contributed by atoms with Crippen LogP contribution in [0, 0.1) is 0 Å². The highest BCUT2D eigenvalue weighted by Gasteiger charge is 2.30. The molecule has 2 N–H and O–H groups in total. The Morgan fingerprint density at radius 1 is 0.500 bits per heavy atom. The summed E-state index contributed by atoms with van der Waals surface area (Å²) in [6.45, 7) is 3.55. The molecule has 0 aliphatic rings. The quantitative estimate of drug-likeness (QED) is 0.757. The zero-order valence-electron chi connectivity index (χ0n) is 14.0. The first-order valence-electron chi connectivity index (χ1n) is 8.09. The van der Waals surface area contributed by atoms with Crippen LogP contribution in [0.3, 0.4) is 0 Å². The van der Waals surface area contributed by atoms with Crippen LogP contribution in [0.1, 0.15) is 36.1 Å². The highest BCUT2D eigenvalue weighted by molar-refractivity contribution is 5.42. The molecule has 0 amide bonds. The van der Waals surface area contributed by atoms with Gasteiger partial charge in [0.2, 0.25) is 0 Å². The second-order valence-corrected chi connectivity index (χ2v) is 6.46. The van der Waals surface area contributed by atoms with Crippen molar-refractivity contribution in [3.8, 4) is 0 Å². The summed E-state index contributed by atoms with van der Waals surface area (Å²) >= 11 is 0. The summed E-state index contributed by atoms with van der Waals surface area (Å²) in [7, 11) is 0. The fraction of sp³-hybridized carbons (Fsp3) is 0.182. The van der Waals surface area contributed by atoms with Gasteiger partial charge in [-0.1, -0.05) is 78.9 Å². The minimum atomic E-state index is -1.12. The van der Waals surface area contributed by atoms with Crippen molar-refractivity contribution in [2.24, 2.45) is 0 Å². The van der Waals surface area contributed by atoms with Crippen molar-refractivity contribution in [1.29, 1.82) is 0 Å². The molecule has 3 aromatic rings. The zero-order chi connectivity index (χ0) is 17.2. The molecule has 2 atom stereocenters. The Bertz CT molecular complexity index is 739. The molecule has 0 aliphatic carbocycles. The lowest BCUT2D eigenvalue weighted by Crippen LogP contribution is -2.26. The minimum Gasteiger partial charge on any atom is -0.381 e. The summed E-state index contributed by atoms with van der Waals surface area (Å²) in [5, 5.41) is 22.1. The number of rotatable bonds is 4. The Morgan fingerprint density at radius 3 is 1.21 bits per heavy atom. The molecule has 0 bridgehead atoms. The van der Waals surface area contributed by atoms with Gasteiger partial charge < -0.3 is 10.2 Å². The number of aliphatic hydroxyl groups is 2. The van der Waals surface area contributed by atoms with Crippen molar-refractivity contribution in [3.63, 3.8) is 0 Å². The van der Waals surface area contributed by atoms with E-state index in [9.17, 15) is 10.2 Å². The van der Waals surface area contributed by atoms with Crippen LogP contribution in [-0.2, 0) is 11.2 Å². The van der Waals surface area contributed by atoms with Crippen LogP contribution < -0.4 is 0 Å². The van der Waals surface area contributed by atoms with Gasteiger partial charge in [0, 0.05) is 0 Å². The fourth-order valence-corrected chi connectivity index (χ4v) is 2.98. The SMILES string of the molecule is CC(O)(c1ccccc1)c1cccc(C(C)(O)c2ccccc2)c1. The van der Waals surface area contributed by atoms with Gasteiger partial charge in [-0.2, -0.15) is 0 Å². The molecule has 0 radical (unpaired) electrons. The molecule has 0 spiro atoms. The molecular weight excluding hydrogens is 296 g/mol. The summed E-state index contributed by atoms with van der Waals surface area (Å²) in [6, 6.07) is 26.6. The van der Waals surface area contributed by atoms with Gasteiger partial charge in [-0.15, -0.1) is 0 Å². The third kappa shape index (κ3) is 2.99. The largest absolute Gasteiger partial charge is 0.381 e. The molecule has 0 saturated carbocycles. The van der Waals surface area contributed by atoms with Gasteiger partial charge in [0.15, 0.2) is 0 Å². The van der Waals surface area contributed by atoms with Crippen LogP contribution in [0.2, 0.25) is 0 Å². The van der Waals surface area contributed by atoms with Crippen LogP contribution >= 0.6 is 0 Å². The van der Waals surface area contributed by atoms with E-state index < -0.39 is 11.2 Å². The van der Waals surface area contributed by atoms with Crippen molar-refractivity contribution in [1.82, 2.24) is 0 Å². The van der Waals surface area contributed by atoms with Gasteiger partial charge in [-0.05, 0) is 42.2 Å². The van der Waals surface area contributed by atoms with Crippen molar-refractivity contribution >= 4 is 0 Å². The maximum Gasteiger partial charge on any atom is 0.112 e. The molecule has 0 fully saturated rings. The van der Waals surface area contributed by atoms with Crippen LogP contribution in [0.4, 0.5) is 0 Å². The average Bonchev–Trinajstić information content (AvgIpc) is 2.63. The topological polar surface area (TPSA) is 40.5 Å². The second kappa shape index (κ2) is 6.23. The van der Waals surface area contributed by atoms with Crippen LogP contribution in [0.5, 0.6) is 0 Å². The van der Waals surface area contributed by atoms with E-state index >= 15 is 0 Å². The monoisotopic (exact) mass is 318 g/mol. The van der Waals surface area contributed by atoms with E-state index in [4.69, 9.17) is 0 Å². The molecule has 3 aromatic carbocycles. The molecule has 0 heterocycles. The predicted molar refractivity (Wildman–Crippen MR) is 96.7 cm³/mol. The summed E-state index contributed by atoms with van der Waals surface area (Å²) in [5.41, 5.74) is 0.904. The van der Waals surface area contributed by atoms with Gasteiger partial charge in [-0.3, -0.25) is 0 Å². The third-order valence-electron chi connectivity index (χ3n) is 4.66. The van der Waals surface area contributed by atoms with E-state index in [1.807, 2.05) is 84.9 Å². The third-order valence-corrected chi connectivity index (χ3v) is 4.66. The molecule has 0 aromatic heterocycles. The Morgan fingerprint density at radius 2 is 0.833 bits per heavy atom. The number of hydrogen-bond donors (Lipinski definition) is 2. The van der Waals surface area contributed by atoms with Crippen LogP contribution in [0.15, 0.2) is 84.9 Å². The molecule has 2 unspecified atom stereocenters. The van der Waals surface area contributed by atoms with Gasteiger partial charge in [0.25, 0.3) is 0 Å². The van der Waals surface area contributed by atoms with E-state index in [2.05, 4.69) is 0 Å². The lowest BCUT2D eigenvalue weighted by atomic mass is 9.83. The van der Waals surface area contributed by atoms with Crippen molar-refractivity contribution in [2.45, 2.75) is 25.0 Å².